The molecular formula is C19H23FN6O2. The zero-order chi connectivity index (χ0) is 19.9. The van der Waals surface area contributed by atoms with E-state index in [1.54, 1.807) is 18.5 Å². The molecule has 3 amide bonds. The van der Waals surface area contributed by atoms with Gasteiger partial charge in [0.05, 0.1) is 6.04 Å². The molecule has 1 aromatic heterocycles. The molecule has 9 heteroatoms. The second-order valence-corrected chi connectivity index (χ2v) is 6.65. The van der Waals surface area contributed by atoms with E-state index in [0.717, 1.165) is 12.8 Å². The Morgan fingerprint density at radius 1 is 1.11 bits per heavy atom. The lowest BCUT2D eigenvalue weighted by molar-refractivity contribution is -0.121. The number of hydrogen-bond donors (Lipinski definition) is 3. The van der Waals surface area contributed by atoms with Crippen LogP contribution in [-0.2, 0) is 4.79 Å². The van der Waals surface area contributed by atoms with Crippen molar-refractivity contribution in [1.82, 2.24) is 20.2 Å². The number of aromatic nitrogens is 2. The predicted octanol–water partition coefficient (Wildman–Crippen LogP) is 2.23. The third-order valence-corrected chi connectivity index (χ3v) is 4.69. The molecule has 1 atom stereocenters. The van der Waals surface area contributed by atoms with Crippen molar-refractivity contribution >= 4 is 23.6 Å². The molecule has 1 saturated heterocycles. The van der Waals surface area contributed by atoms with Crippen molar-refractivity contribution < 1.29 is 14.0 Å². The van der Waals surface area contributed by atoms with Gasteiger partial charge in [-0.1, -0.05) is 0 Å². The predicted molar refractivity (Wildman–Crippen MR) is 103 cm³/mol. The van der Waals surface area contributed by atoms with Crippen molar-refractivity contribution in [3.05, 3.63) is 48.5 Å². The molecule has 28 heavy (non-hydrogen) atoms. The molecular weight excluding hydrogens is 363 g/mol. The summed E-state index contributed by atoms with van der Waals surface area (Å²) in [6.07, 6.45) is 4.61. The molecule has 0 radical (unpaired) electrons. The van der Waals surface area contributed by atoms with Crippen LogP contribution < -0.4 is 16.0 Å². The largest absolute Gasteiger partial charge is 0.335 e. The van der Waals surface area contributed by atoms with Crippen LogP contribution in [0.3, 0.4) is 0 Å². The third-order valence-electron chi connectivity index (χ3n) is 4.69. The zero-order valence-corrected chi connectivity index (χ0v) is 15.6. The number of nitrogens with one attached hydrogen (secondary N) is 3. The molecule has 0 aliphatic carbocycles. The van der Waals surface area contributed by atoms with Crippen LogP contribution in [0.1, 0.15) is 19.8 Å². The minimum atomic E-state index is -0.352. The van der Waals surface area contributed by atoms with E-state index in [1.165, 1.54) is 24.3 Å². The average molecular weight is 386 g/mol. The van der Waals surface area contributed by atoms with Crippen LogP contribution in [0, 0.1) is 5.82 Å². The standard InChI is InChI=1S/C19H23FN6O2/c1-13(17(27)25-18-21-9-2-10-22-18)26-11-7-16(8-12-26)24-19(28)23-15-5-3-14(20)4-6-15/h2-6,9-10,13,16H,7-8,11-12H2,1H3,(H2,23,24,28)(H,21,22,25,27)/t13-/m1/s1. The highest BCUT2D eigenvalue weighted by atomic mass is 19.1. The highest BCUT2D eigenvalue weighted by molar-refractivity contribution is 5.93. The van der Waals surface area contributed by atoms with Gasteiger partial charge in [0, 0.05) is 37.2 Å². The van der Waals surface area contributed by atoms with Gasteiger partial charge >= 0.3 is 6.03 Å². The number of carbonyl (C=O) groups is 2. The van der Waals surface area contributed by atoms with Gasteiger partial charge in [-0.25, -0.2) is 19.2 Å². The first-order valence-electron chi connectivity index (χ1n) is 9.16. The summed E-state index contributed by atoms with van der Waals surface area (Å²) in [6.45, 7) is 3.21. The Hall–Kier alpha value is -3.07. The molecule has 1 aliphatic rings. The van der Waals surface area contributed by atoms with Crippen LogP contribution in [-0.4, -0.2) is 52.0 Å². The summed E-state index contributed by atoms with van der Waals surface area (Å²) in [5.41, 5.74) is 0.532. The molecule has 8 nitrogen and oxygen atoms in total. The first-order valence-corrected chi connectivity index (χ1v) is 9.16. The highest BCUT2D eigenvalue weighted by Crippen LogP contribution is 2.15. The normalized spacial score (nSPS) is 16.2. The number of hydrogen-bond acceptors (Lipinski definition) is 5. The molecule has 1 aromatic carbocycles. The maximum atomic E-state index is 12.9. The van der Waals surface area contributed by atoms with Crippen LogP contribution in [0.15, 0.2) is 42.7 Å². The van der Waals surface area contributed by atoms with Gasteiger partial charge in [-0.2, -0.15) is 0 Å². The van der Waals surface area contributed by atoms with Gasteiger partial charge in [0.15, 0.2) is 0 Å². The quantitative estimate of drug-likeness (QED) is 0.732. The highest BCUT2D eigenvalue weighted by Gasteiger charge is 2.27. The minimum absolute atomic E-state index is 0.0180. The minimum Gasteiger partial charge on any atom is -0.335 e. The summed E-state index contributed by atoms with van der Waals surface area (Å²) in [6, 6.07) is 6.66. The van der Waals surface area contributed by atoms with Crippen molar-refractivity contribution in [2.24, 2.45) is 0 Å². The van der Waals surface area contributed by atoms with Gasteiger partial charge in [0.25, 0.3) is 0 Å². The van der Waals surface area contributed by atoms with Gasteiger partial charge in [0.1, 0.15) is 5.82 Å². The molecule has 148 valence electrons. The van der Waals surface area contributed by atoms with Crippen molar-refractivity contribution in [2.75, 3.05) is 23.7 Å². The maximum Gasteiger partial charge on any atom is 0.319 e. The van der Waals surface area contributed by atoms with Crippen LogP contribution in [0.5, 0.6) is 0 Å². The fourth-order valence-corrected chi connectivity index (χ4v) is 3.06. The molecule has 0 bridgehead atoms. The molecule has 1 fully saturated rings. The van der Waals surface area contributed by atoms with Crippen molar-refractivity contribution in [1.29, 1.82) is 0 Å². The number of anilines is 2. The van der Waals surface area contributed by atoms with Gasteiger partial charge < -0.3 is 10.6 Å². The van der Waals surface area contributed by atoms with Crippen molar-refractivity contribution in [3.8, 4) is 0 Å². The number of rotatable bonds is 5. The summed E-state index contributed by atoms with van der Waals surface area (Å²) in [7, 11) is 0. The Kier molecular flexibility index (Phi) is 6.49. The lowest BCUT2D eigenvalue weighted by atomic mass is 10.0. The molecule has 0 saturated carbocycles. The van der Waals surface area contributed by atoms with Crippen molar-refractivity contribution in [3.63, 3.8) is 0 Å². The molecule has 2 heterocycles. The van der Waals surface area contributed by atoms with E-state index in [-0.39, 0.29) is 35.8 Å². The summed E-state index contributed by atoms with van der Waals surface area (Å²) in [4.78, 5) is 34.5. The third kappa shape index (κ3) is 5.46. The first kappa shape index (κ1) is 19.7. The van der Waals surface area contributed by atoms with E-state index in [0.29, 0.717) is 18.8 Å². The Balaban J connectivity index is 1.42. The molecule has 0 spiro atoms. The van der Waals surface area contributed by atoms with Gasteiger partial charge in [-0.05, 0) is 50.1 Å². The number of nitrogens with zero attached hydrogens (tertiary/aromatic N) is 3. The Morgan fingerprint density at radius 3 is 2.39 bits per heavy atom. The summed E-state index contributed by atoms with van der Waals surface area (Å²) in [5.74, 6) is -0.227. The summed E-state index contributed by atoms with van der Waals surface area (Å²) < 4.78 is 12.9. The summed E-state index contributed by atoms with van der Waals surface area (Å²) >= 11 is 0. The Morgan fingerprint density at radius 2 is 1.75 bits per heavy atom. The molecule has 2 aromatic rings. The lowest BCUT2D eigenvalue weighted by Gasteiger charge is -2.35. The van der Waals surface area contributed by atoms with E-state index < -0.39 is 0 Å². The van der Waals surface area contributed by atoms with Crippen molar-refractivity contribution in [2.45, 2.75) is 31.8 Å². The van der Waals surface area contributed by atoms with Crippen LogP contribution in [0.25, 0.3) is 0 Å². The van der Waals surface area contributed by atoms with Gasteiger partial charge in [-0.15, -0.1) is 0 Å². The van der Waals surface area contributed by atoms with Gasteiger partial charge in [0.2, 0.25) is 11.9 Å². The first-order chi connectivity index (χ1) is 13.5. The van der Waals surface area contributed by atoms with Crippen LogP contribution in [0.2, 0.25) is 0 Å². The fourth-order valence-electron chi connectivity index (χ4n) is 3.06. The van der Waals surface area contributed by atoms with E-state index >= 15 is 0 Å². The number of likely N-dealkylation sites (tertiary alicyclic amines) is 1. The molecule has 3 N–H and O–H groups in total. The van der Waals surface area contributed by atoms with E-state index in [4.69, 9.17) is 0 Å². The van der Waals surface area contributed by atoms with Crippen LogP contribution in [0.4, 0.5) is 20.8 Å². The second kappa shape index (κ2) is 9.23. The van der Waals surface area contributed by atoms with E-state index in [9.17, 15) is 14.0 Å². The topological polar surface area (TPSA) is 99.2 Å². The maximum absolute atomic E-state index is 12.9. The number of carbonyl (C=O) groups excluding carboxylic acids is 2. The smallest absolute Gasteiger partial charge is 0.319 e. The molecule has 0 unspecified atom stereocenters. The monoisotopic (exact) mass is 386 g/mol. The van der Waals surface area contributed by atoms with E-state index in [2.05, 4.69) is 30.8 Å². The SMILES string of the molecule is C[C@H](C(=O)Nc1ncccn1)N1CCC(NC(=O)Nc2ccc(F)cc2)CC1. The average Bonchev–Trinajstić information content (AvgIpc) is 2.70. The zero-order valence-electron chi connectivity index (χ0n) is 15.6. The molecule has 3 rings (SSSR count). The second-order valence-electron chi connectivity index (χ2n) is 6.65. The Labute approximate surface area is 162 Å². The summed E-state index contributed by atoms with van der Waals surface area (Å²) in [5, 5.41) is 8.31. The van der Waals surface area contributed by atoms with Gasteiger partial charge in [-0.3, -0.25) is 15.0 Å². The number of piperidine rings is 1. The number of halogens is 1. The number of benzene rings is 1. The van der Waals surface area contributed by atoms with Crippen LogP contribution >= 0.6 is 0 Å². The molecule has 1 aliphatic heterocycles. The number of amides is 3. The van der Waals surface area contributed by atoms with E-state index in [1.807, 2.05) is 6.92 Å². The lowest BCUT2D eigenvalue weighted by Crippen LogP contribution is -2.51. The fraction of sp³-hybridized carbons (Fsp3) is 0.368. The Bertz CT molecular complexity index is 794. The number of urea groups is 1.